The normalized spacial score (nSPS) is 16.9. The van der Waals surface area contributed by atoms with Crippen molar-refractivity contribution < 1.29 is 39.7 Å². The van der Waals surface area contributed by atoms with Crippen molar-refractivity contribution in [2.45, 2.75) is 37.9 Å². The van der Waals surface area contributed by atoms with Crippen LogP contribution < -0.4 is 5.73 Å². The number of amides is 1. The molecule has 27 heavy (non-hydrogen) atoms. The highest BCUT2D eigenvalue weighted by atomic mass is 16.5. The Morgan fingerprint density at radius 1 is 1.30 bits per heavy atom. The standard InChI is InChI=1S/C16H25BN2O8/c1-2-10(5-6-17(25)26)15(22)12(16(23)24)9-27-11-7-19(8-11)14(21)4-3-13(18)20/h2,9,11,13,20,22,25-26H,1,3-8,18H2,(H,23,24)/b12-9-,15-10-. The lowest BCUT2D eigenvalue weighted by molar-refractivity contribution is -0.142. The lowest BCUT2D eigenvalue weighted by Gasteiger charge is -2.38. The Hall–Kier alpha value is -2.34. The number of carbonyl (C=O) groups excluding carboxylic acids is 1. The van der Waals surface area contributed by atoms with Crippen LogP contribution in [0, 0.1) is 0 Å². The molecule has 0 aromatic rings. The zero-order valence-corrected chi connectivity index (χ0v) is 14.8. The van der Waals surface area contributed by atoms with Gasteiger partial charge < -0.3 is 40.7 Å². The summed E-state index contributed by atoms with van der Waals surface area (Å²) in [6.45, 7) is 3.97. The first kappa shape index (κ1) is 22.7. The molecule has 0 spiro atoms. The zero-order chi connectivity index (χ0) is 20.6. The maximum Gasteiger partial charge on any atom is 0.451 e. The van der Waals surface area contributed by atoms with Gasteiger partial charge in [0, 0.05) is 6.42 Å². The van der Waals surface area contributed by atoms with Crippen molar-refractivity contribution in [3.8, 4) is 0 Å². The number of hydrogen-bond donors (Lipinski definition) is 6. The van der Waals surface area contributed by atoms with Gasteiger partial charge >= 0.3 is 13.1 Å². The van der Waals surface area contributed by atoms with E-state index < -0.39 is 36.8 Å². The number of aliphatic hydroxyl groups excluding tert-OH is 2. The number of carbonyl (C=O) groups is 2. The summed E-state index contributed by atoms with van der Waals surface area (Å²) in [5.41, 5.74) is 4.80. The Labute approximate surface area is 157 Å². The molecule has 0 radical (unpaired) electrons. The van der Waals surface area contributed by atoms with E-state index in [1.54, 1.807) is 0 Å². The van der Waals surface area contributed by atoms with Crippen molar-refractivity contribution in [3.05, 3.63) is 35.8 Å². The molecule has 150 valence electrons. The number of nitrogens with zero attached hydrogens (tertiary/aromatic N) is 1. The van der Waals surface area contributed by atoms with Crippen LogP contribution in [-0.4, -0.2) is 74.7 Å². The molecule has 1 fully saturated rings. The van der Waals surface area contributed by atoms with E-state index in [4.69, 9.17) is 25.6 Å². The van der Waals surface area contributed by atoms with E-state index in [9.17, 15) is 19.8 Å². The van der Waals surface area contributed by atoms with Gasteiger partial charge in [-0.3, -0.25) is 4.79 Å². The summed E-state index contributed by atoms with van der Waals surface area (Å²) in [5, 5.41) is 46.1. The highest BCUT2D eigenvalue weighted by Crippen LogP contribution is 2.21. The molecule has 1 atom stereocenters. The average molecular weight is 384 g/mol. The number of carboxylic acids is 1. The molecule has 1 saturated heterocycles. The van der Waals surface area contributed by atoms with E-state index in [0.717, 1.165) is 6.26 Å². The van der Waals surface area contributed by atoms with Crippen molar-refractivity contribution in [2.75, 3.05) is 13.1 Å². The fourth-order valence-corrected chi connectivity index (χ4v) is 2.30. The van der Waals surface area contributed by atoms with Crippen LogP contribution in [0.4, 0.5) is 0 Å². The van der Waals surface area contributed by atoms with Crippen LogP contribution in [0.25, 0.3) is 0 Å². The number of rotatable bonds is 11. The van der Waals surface area contributed by atoms with Crippen LogP contribution in [0.2, 0.25) is 6.32 Å². The van der Waals surface area contributed by atoms with Gasteiger partial charge in [-0.2, -0.15) is 0 Å². The smallest absolute Gasteiger partial charge is 0.451 e. The molecule has 1 amide bonds. The van der Waals surface area contributed by atoms with Crippen molar-refractivity contribution in [2.24, 2.45) is 5.73 Å². The van der Waals surface area contributed by atoms with Crippen LogP contribution >= 0.6 is 0 Å². The number of aliphatic hydroxyl groups is 2. The van der Waals surface area contributed by atoms with E-state index in [1.807, 2.05) is 0 Å². The summed E-state index contributed by atoms with van der Waals surface area (Å²) < 4.78 is 5.31. The average Bonchev–Trinajstić information content (AvgIpc) is 2.54. The van der Waals surface area contributed by atoms with Crippen LogP contribution in [0.5, 0.6) is 0 Å². The Bertz CT molecular complexity index is 612. The molecule has 1 rings (SSSR count). The van der Waals surface area contributed by atoms with Crippen molar-refractivity contribution in [1.29, 1.82) is 0 Å². The third-order valence-electron chi connectivity index (χ3n) is 3.94. The highest BCUT2D eigenvalue weighted by molar-refractivity contribution is 6.41. The Morgan fingerprint density at radius 3 is 2.41 bits per heavy atom. The summed E-state index contributed by atoms with van der Waals surface area (Å²) in [4.78, 5) is 24.6. The Morgan fingerprint density at radius 2 is 1.93 bits per heavy atom. The molecule has 0 aromatic carbocycles. The molecule has 7 N–H and O–H groups in total. The largest absolute Gasteiger partial charge is 0.507 e. The molecule has 11 heteroatoms. The van der Waals surface area contributed by atoms with Crippen molar-refractivity contribution in [3.63, 3.8) is 0 Å². The minimum atomic E-state index is -1.60. The fourth-order valence-electron chi connectivity index (χ4n) is 2.30. The number of aliphatic carboxylic acids is 1. The van der Waals surface area contributed by atoms with Gasteiger partial charge in [-0.1, -0.05) is 12.7 Å². The van der Waals surface area contributed by atoms with Gasteiger partial charge in [-0.15, -0.1) is 0 Å². The van der Waals surface area contributed by atoms with Gasteiger partial charge in [0.15, 0.2) is 0 Å². The molecule has 10 nitrogen and oxygen atoms in total. The summed E-state index contributed by atoms with van der Waals surface area (Å²) in [5.74, 6) is -2.20. The van der Waals surface area contributed by atoms with E-state index in [1.165, 1.54) is 11.0 Å². The predicted octanol–water partition coefficient (Wildman–Crippen LogP) is -0.899. The minimum Gasteiger partial charge on any atom is -0.507 e. The fraction of sp³-hybridized carbons (Fsp3) is 0.500. The molecular formula is C16H25BN2O8. The number of likely N-dealkylation sites (tertiary alicyclic amines) is 1. The topological polar surface area (TPSA) is 174 Å². The van der Waals surface area contributed by atoms with Gasteiger partial charge in [-0.25, -0.2) is 4.79 Å². The quantitative estimate of drug-likeness (QED) is 0.0867. The minimum absolute atomic E-state index is 0.0102. The first-order valence-corrected chi connectivity index (χ1v) is 8.37. The van der Waals surface area contributed by atoms with Gasteiger partial charge in [0.1, 0.15) is 29.9 Å². The van der Waals surface area contributed by atoms with E-state index in [-0.39, 0.29) is 50.2 Å². The second-order valence-electron chi connectivity index (χ2n) is 6.10. The second-order valence-corrected chi connectivity index (χ2v) is 6.10. The third-order valence-corrected chi connectivity index (χ3v) is 3.94. The molecule has 1 aliphatic heterocycles. The van der Waals surface area contributed by atoms with Crippen molar-refractivity contribution >= 4 is 19.0 Å². The molecule has 0 bridgehead atoms. The Kier molecular flexibility index (Phi) is 9.02. The second kappa shape index (κ2) is 10.7. The van der Waals surface area contributed by atoms with Crippen molar-refractivity contribution in [1.82, 2.24) is 4.90 Å². The van der Waals surface area contributed by atoms with E-state index in [0.29, 0.717) is 0 Å². The van der Waals surface area contributed by atoms with Crippen LogP contribution in [0.15, 0.2) is 35.8 Å². The Balaban J connectivity index is 2.66. The molecule has 0 aromatic heterocycles. The maximum atomic E-state index is 11.8. The van der Waals surface area contributed by atoms with Gasteiger partial charge in [0.25, 0.3) is 0 Å². The SMILES string of the molecule is C=C/C(CCB(O)O)=C(O)\C(=C\OC1CN(C(=O)CCC(N)O)C1)C(=O)O. The van der Waals surface area contributed by atoms with Crippen LogP contribution in [0.1, 0.15) is 19.3 Å². The molecule has 0 saturated carbocycles. The molecule has 1 heterocycles. The lowest BCUT2D eigenvalue weighted by Crippen LogP contribution is -2.54. The highest BCUT2D eigenvalue weighted by Gasteiger charge is 2.31. The molecular weight excluding hydrogens is 359 g/mol. The van der Waals surface area contributed by atoms with E-state index in [2.05, 4.69) is 6.58 Å². The third kappa shape index (κ3) is 7.43. The van der Waals surface area contributed by atoms with Gasteiger partial charge in [0.05, 0.1) is 13.1 Å². The summed E-state index contributed by atoms with van der Waals surface area (Å²) in [6.07, 6.45) is 0.803. The molecule has 0 aliphatic carbocycles. The summed E-state index contributed by atoms with van der Waals surface area (Å²) in [6, 6.07) is 0. The molecule has 1 unspecified atom stereocenters. The first-order valence-electron chi connectivity index (χ1n) is 8.37. The number of hydrogen-bond acceptors (Lipinski definition) is 8. The number of ether oxygens (including phenoxy) is 1. The molecule has 1 aliphatic rings. The zero-order valence-electron chi connectivity index (χ0n) is 14.8. The lowest BCUT2D eigenvalue weighted by atomic mass is 9.82. The van der Waals surface area contributed by atoms with Gasteiger partial charge in [-0.05, 0) is 24.7 Å². The monoisotopic (exact) mass is 384 g/mol. The number of allylic oxidation sites excluding steroid dienone is 2. The van der Waals surface area contributed by atoms with E-state index >= 15 is 0 Å². The summed E-state index contributed by atoms with van der Waals surface area (Å²) in [7, 11) is -1.60. The van der Waals surface area contributed by atoms with Crippen LogP contribution in [-0.2, 0) is 14.3 Å². The number of nitrogens with two attached hydrogens (primary N) is 1. The first-order chi connectivity index (χ1) is 12.6. The van der Waals surface area contributed by atoms with Gasteiger partial charge in [0.2, 0.25) is 5.91 Å². The maximum absolute atomic E-state index is 11.8. The predicted molar refractivity (Wildman–Crippen MR) is 96.1 cm³/mol. The number of carboxylic acid groups (broad SMARTS) is 1. The van der Waals surface area contributed by atoms with Crippen LogP contribution in [0.3, 0.4) is 0 Å². The summed E-state index contributed by atoms with van der Waals surface area (Å²) >= 11 is 0.